The first-order chi connectivity index (χ1) is 11.6. The largest absolute Gasteiger partial charge is 0.491 e. The van der Waals surface area contributed by atoms with E-state index in [9.17, 15) is 4.79 Å². The van der Waals surface area contributed by atoms with E-state index < -0.39 is 6.04 Å². The van der Waals surface area contributed by atoms with Gasteiger partial charge in [0.2, 0.25) is 5.91 Å². The van der Waals surface area contributed by atoms with Crippen LogP contribution in [0.25, 0.3) is 11.1 Å². The summed E-state index contributed by atoms with van der Waals surface area (Å²) in [4.78, 5) is 11.9. The van der Waals surface area contributed by atoms with E-state index in [-0.39, 0.29) is 5.91 Å². The third-order valence-corrected chi connectivity index (χ3v) is 3.69. The van der Waals surface area contributed by atoms with E-state index in [0.717, 1.165) is 16.9 Å². The third-order valence-electron chi connectivity index (χ3n) is 3.69. The summed E-state index contributed by atoms with van der Waals surface area (Å²) in [5.74, 6) is 1.09. The highest BCUT2D eigenvalue weighted by Gasteiger charge is 2.14. The SMILES string of the molecule is CC(C)C[C@H](N)C(=O)NCCOc1ccccc1-c1ccccc1. The van der Waals surface area contributed by atoms with Gasteiger partial charge in [0.1, 0.15) is 12.4 Å². The number of carbonyl (C=O) groups is 1. The first-order valence-corrected chi connectivity index (χ1v) is 8.38. The molecule has 3 N–H and O–H groups in total. The molecule has 1 amide bonds. The van der Waals surface area contributed by atoms with Crippen LogP contribution in [0.3, 0.4) is 0 Å². The molecule has 0 fully saturated rings. The maximum absolute atomic E-state index is 11.9. The van der Waals surface area contributed by atoms with Crippen molar-refractivity contribution in [1.82, 2.24) is 5.32 Å². The van der Waals surface area contributed by atoms with Crippen LogP contribution in [0.5, 0.6) is 5.75 Å². The van der Waals surface area contributed by atoms with Gasteiger partial charge in [-0.15, -0.1) is 0 Å². The van der Waals surface area contributed by atoms with Crippen molar-refractivity contribution in [2.75, 3.05) is 13.2 Å². The van der Waals surface area contributed by atoms with Gasteiger partial charge in [0.15, 0.2) is 0 Å². The fraction of sp³-hybridized carbons (Fsp3) is 0.350. The monoisotopic (exact) mass is 326 g/mol. The standard InChI is InChI=1S/C20H26N2O2/c1-15(2)14-18(21)20(23)22-12-13-24-19-11-7-6-10-17(19)16-8-4-3-5-9-16/h3-11,15,18H,12-14,21H2,1-2H3,(H,22,23)/t18-/m0/s1. The van der Waals surface area contributed by atoms with E-state index >= 15 is 0 Å². The summed E-state index contributed by atoms with van der Waals surface area (Å²) in [7, 11) is 0. The van der Waals surface area contributed by atoms with E-state index in [0.29, 0.717) is 25.5 Å². The van der Waals surface area contributed by atoms with Crippen molar-refractivity contribution in [2.24, 2.45) is 11.7 Å². The van der Waals surface area contributed by atoms with E-state index in [1.165, 1.54) is 0 Å². The molecule has 1 atom stereocenters. The van der Waals surface area contributed by atoms with E-state index in [4.69, 9.17) is 10.5 Å². The van der Waals surface area contributed by atoms with Crippen molar-refractivity contribution in [3.8, 4) is 16.9 Å². The number of amides is 1. The number of para-hydroxylation sites is 1. The quantitative estimate of drug-likeness (QED) is 0.732. The molecule has 0 saturated carbocycles. The molecule has 0 spiro atoms. The lowest BCUT2D eigenvalue weighted by Crippen LogP contribution is -2.42. The number of benzene rings is 2. The maximum Gasteiger partial charge on any atom is 0.237 e. The van der Waals surface area contributed by atoms with Gasteiger partial charge in [-0.1, -0.05) is 62.4 Å². The van der Waals surface area contributed by atoms with E-state index in [1.54, 1.807) is 0 Å². The Hall–Kier alpha value is -2.33. The summed E-state index contributed by atoms with van der Waals surface area (Å²) >= 11 is 0. The lowest BCUT2D eigenvalue weighted by Gasteiger charge is -2.15. The lowest BCUT2D eigenvalue weighted by atomic mass is 10.0. The van der Waals surface area contributed by atoms with Crippen molar-refractivity contribution in [3.05, 3.63) is 54.6 Å². The smallest absolute Gasteiger partial charge is 0.237 e. The normalized spacial score (nSPS) is 12.0. The van der Waals surface area contributed by atoms with Crippen molar-refractivity contribution in [3.63, 3.8) is 0 Å². The average Bonchev–Trinajstić information content (AvgIpc) is 2.59. The van der Waals surface area contributed by atoms with Gasteiger partial charge < -0.3 is 15.8 Å². The summed E-state index contributed by atoms with van der Waals surface area (Å²) in [6, 6.07) is 17.5. The van der Waals surface area contributed by atoms with Gasteiger partial charge in [-0.25, -0.2) is 0 Å². The van der Waals surface area contributed by atoms with Crippen molar-refractivity contribution >= 4 is 5.91 Å². The van der Waals surface area contributed by atoms with Crippen LogP contribution in [0.4, 0.5) is 0 Å². The number of nitrogens with two attached hydrogens (primary N) is 1. The summed E-state index contributed by atoms with van der Waals surface area (Å²) in [5.41, 5.74) is 8.01. The molecule has 0 aliphatic carbocycles. The van der Waals surface area contributed by atoms with Gasteiger partial charge in [-0.2, -0.15) is 0 Å². The molecule has 24 heavy (non-hydrogen) atoms. The molecule has 0 bridgehead atoms. The zero-order valence-corrected chi connectivity index (χ0v) is 14.4. The number of nitrogens with one attached hydrogen (secondary N) is 1. The van der Waals surface area contributed by atoms with Gasteiger partial charge in [0.25, 0.3) is 0 Å². The van der Waals surface area contributed by atoms with E-state index in [1.807, 2.05) is 42.5 Å². The fourth-order valence-corrected chi connectivity index (χ4v) is 2.53. The molecule has 0 aromatic heterocycles. The van der Waals surface area contributed by atoms with Crippen molar-refractivity contribution < 1.29 is 9.53 Å². The third kappa shape index (κ3) is 5.39. The zero-order chi connectivity index (χ0) is 17.4. The van der Waals surface area contributed by atoms with Crippen LogP contribution in [0.1, 0.15) is 20.3 Å². The molecule has 4 nitrogen and oxygen atoms in total. The molecule has 2 aromatic rings. The Labute approximate surface area is 144 Å². The second-order valence-corrected chi connectivity index (χ2v) is 6.24. The number of hydrogen-bond donors (Lipinski definition) is 2. The van der Waals surface area contributed by atoms with Crippen LogP contribution in [-0.2, 0) is 4.79 Å². The molecule has 128 valence electrons. The summed E-state index contributed by atoms with van der Waals surface area (Å²) in [6.07, 6.45) is 0.684. The van der Waals surface area contributed by atoms with Gasteiger partial charge in [-0.05, 0) is 24.0 Å². The molecule has 0 saturated heterocycles. The predicted octanol–water partition coefficient (Wildman–Crippen LogP) is 3.22. The minimum absolute atomic E-state index is 0.122. The highest BCUT2D eigenvalue weighted by atomic mass is 16.5. The maximum atomic E-state index is 11.9. The molecular formula is C20H26N2O2. The van der Waals surface area contributed by atoms with Gasteiger partial charge >= 0.3 is 0 Å². The average molecular weight is 326 g/mol. The molecule has 2 aromatic carbocycles. The van der Waals surface area contributed by atoms with Crippen LogP contribution in [-0.4, -0.2) is 25.1 Å². The Morgan fingerprint density at radius 1 is 1.08 bits per heavy atom. The highest BCUT2D eigenvalue weighted by molar-refractivity contribution is 5.81. The first kappa shape index (κ1) is 18.0. The van der Waals surface area contributed by atoms with Crippen molar-refractivity contribution in [2.45, 2.75) is 26.3 Å². The van der Waals surface area contributed by atoms with Gasteiger partial charge in [0, 0.05) is 5.56 Å². The Balaban J connectivity index is 1.86. The Morgan fingerprint density at radius 3 is 2.46 bits per heavy atom. The minimum atomic E-state index is -0.457. The molecule has 0 heterocycles. The molecule has 0 aliphatic rings. The van der Waals surface area contributed by atoms with Crippen molar-refractivity contribution in [1.29, 1.82) is 0 Å². The van der Waals surface area contributed by atoms with Crippen LogP contribution in [0.2, 0.25) is 0 Å². The van der Waals surface area contributed by atoms with E-state index in [2.05, 4.69) is 31.3 Å². The summed E-state index contributed by atoms with van der Waals surface area (Å²) in [5, 5.41) is 2.83. The van der Waals surface area contributed by atoms with Crippen LogP contribution in [0.15, 0.2) is 54.6 Å². The minimum Gasteiger partial charge on any atom is -0.491 e. The number of carbonyl (C=O) groups excluding carboxylic acids is 1. The first-order valence-electron chi connectivity index (χ1n) is 8.38. The zero-order valence-electron chi connectivity index (χ0n) is 14.4. The second-order valence-electron chi connectivity index (χ2n) is 6.24. The topological polar surface area (TPSA) is 64.4 Å². The number of ether oxygens (including phenoxy) is 1. The molecule has 0 aliphatic heterocycles. The Bertz CT molecular complexity index is 641. The predicted molar refractivity (Wildman–Crippen MR) is 97.8 cm³/mol. The summed E-state index contributed by atoms with van der Waals surface area (Å²) in [6.45, 7) is 4.95. The number of rotatable bonds is 8. The number of hydrogen-bond acceptors (Lipinski definition) is 3. The Kier molecular flexibility index (Phi) is 6.82. The van der Waals surface area contributed by atoms with Gasteiger partial charge in [0.05, 0.1) is 12.6 Å². The molecule has 4 heteroatoms. The second kappa shape index (κ2) is 9.08. The molecular weight excluding hydrogens is 300 g/mol. The van der Waals surface area contributed by atoms with Crippen LogP contribution < -0.4 is 15.8 Å². The molecule has 2 rings (SSSR count). The van der Waals surface area contributed by atoms with Gasteiger partial charge in [-0.3, -0.25) is 4.79 Å². The molecule has 0 unspecified atom stereocenters. The lowest BCUT2D eigenvalue weighted by molar-refractivity contribution is -0.122. The fourth-order valence-electron chi connectivity index (χ4n) is 2.53. The summed E-state index contributed by atoms with van der Waals surface area (Å²) < 4.78 is 5.85. The molecule has 0 radical (unpaired) electrons. The van der Waals surface area contributed by atoms with Crippen LogP contribution >= 0.6 is 0 Å². The van der Waals surface area contributed by atoms with Crippen LogP contribution in [0, 0.1) is 5.92 Å². The highest BCUT2D eigenvalue weighted by Crippen LogP contribution is 2.29. The Morgan fingerprint density at radius 2 is 1.75 bits per heavy atom.